The molecule has 0 atom stereocenters. The highest BCUT2D eigenvalue weighted by Crippen LogP contribution is 2.14. The highest BCUT2D eigenvalue weighted by molar-refractivity contribution is 4.77. The van der Waals surface area contributed by atoms with Gasteiger partial charge in [-0.2, -0.15) is 0 Å². The summed E-state index contributed by atoms with van der Waals surface area (Å²) < 4.78 is 0. The molecule has 0 heterocycles. The van der Waals surface area contributed by atoms with Crippen molar-refractivity contribution >= 4 is 0 Å². The molecule has 0 fully saturated rings. The Kier molecular flexibility index (Phi) is 12.7. The summed E-state index contributed by atoms with van der Waals surface area (Å²) in [6, 6.07) is 0. The summed E-state index contributed by atoms with van der Waals surface area (Å²) in [6.07, 6.45) is 15.7. The summed E-state index contributed by atoms with van der Waals surface area (Å²) in [5, 5.41) is 8.94. The van der Waals surface area contributed by atoms with Crippen LogP contribution in [-0.4, -0.2) is 5.11 Å². The van der Waals surface area contributed by atoms with Crippen LogP contribution in [0.25, 0.3) is 0 Å². The first-order chi connectivity index (χ1) is 8.63. The van der Waals surface area contributed by atoms with Gasteiger partial charge in [0.1, 0.15) is 0 Å². The van der Waals surface area contributed by atoms with E-state index < -0.39 is 0 Å². The number of unbranched alkanes of at least 4 members (excludes halogenated alkanes) is 9. The Labute approximate surface area is 115 Å². The van der Waals surface area contributed by atoms with Crippen molar-refractivity contribution in [3.8, 4) is 0 Å². The predicted octanol–water partition coefficient (Wildman–Crippen LogP) is 6.40. The summed E-state index contributed by atoms with van der Waals surface area (Å²) in [4.78, 5) is 0. The van der Waals surface area contributed by atoms with Gasteiger partial charge < -0.3 is 5.11 Å². The zero-order chi connectivity index (χ0) is 13.6. The van der Waals surface area contributed by atoms with Crippen molar-refractivity contribution in [2.45, 2.75) is 90.9 Å². The number of allylic oxidation sites excluding steroid dienone is 1. The maximum absolute atomic E-state index is 8.94. The SMILES string of the molecule is C=C(O)CCCCCCCCCCCCC(C)C. The van der Waals surface area contributed by atoms with Gasteiger partial charge in [0, 0.05) is 6.42 Å². The fraction of sp³-hybridized carbons (Fsp3) is 0.882. The zero-order valence-electron chi connectivity index (χ0n) is 12.7. The number of hydrogen-bond acceptors (Lipinski definition) is 1. The molecule has 0 rings (SSSR count). The molecule has 108 valence electrons. The first-order valence-electron chi connectivity index (χ1n) is 7.99. The van der Waals surface area contributed by atoms with Gasteiger partial charge in [-0.25, -0.2) is 0 Å². The van der Waals surface area contributed by atoms with Gasteiger partial charge in [-0.3, -0.25) is 0 Å². The normalized spacial score (nSPS) is 11.1. The Hall–Kier alpha value is -0.460. The van der Waals surface area contributed by atoms with Crippen LogP contribution in [0.3, 0.4) is 0 Å². The quantitative estimate of drug-likeness (QED) is 0.298. The molecular weight excluding hydrogens is 220 g/mol. The molecule has 0 aromatic heterocycles. The van der Waals surface area contributed by atoms with Gasteiger partial charge in [0.15, 0.2) is 0 Å². The van der Waals surface area contributed by atoms with Crippen LogP contribution in [0.2, 0.25) is 0 Å². The zero-order valence-corrected chi connectivity index (χ0v) is 12.7. The number of hydrogen-bond donors (Lipinski definition) is 1. The van der Waals surface area contributed by atoms with Crippen molar-refractivity contribution in [1.29, 1.82) is 0 Å². The molecule has 0 amide bonds. The van der Waals surface area contributed by atoms with Gasteiger partial charge in [-0.1, -0.05) is 84.6 Å². The van der Waals surface area contributed by atoms with Gasteiger partial charge in [-0.15, -0.1) is 0 Å². The summed E-state index contributed by atoms with van der Waals surface area (Å²) in [5.41, 5.74) is 0. The third-order valence-electron chi connectivity index (χ3n) is 3.50. The van der Waals surface area contributed by atoms with Crippen LogP contribution < -0.4 is 0 Å². The van der Waals surface area contributed by atoms with Crippen molar-refractivity contribution in [3.63, 3.8) is 0 Å². The maximum atomic E-state index is 8.94. The molecule has 1 nitrogen and oxygen atoms in total. The molecule has 0 unspecified atom stereocenters. The Balaban J connectivity index is 2.97. The Morgan fingerprint density at radius 1 is 0.778 bits per heavy atom. The molecule has 0 aromatic carbocycles. The molecule has 0 aliphatic heterocycles. The van der Waals surface area contributed by atoms with Gasteiger partial charge in [-0.05, 0) is 12.3 Å². The number of rotatable bonds is 13. The van der Waals surface area contributed by atoms with Crippen LogP contribution in [0.4, 0.5) is 0 Å². The fourth-order valence-electron chi connectivity index (χ4n) is 2.30. The van der Waals surface area contributed by atoms with E-state index in [-0.39, 0.29) is 0 Å². The molecule has 0 bridgehead atoms. The molecule has 0 spiro atoms. The predicted molar refractivity (Wildman–Crippen MR) is 82.0 cm³/mol. The summed E-state index contributed by atoms with van der Waals surface area (Å²) >= 11 is 0. The highest BCUT2D eigenvalue weighted by Gasteiger charge is 1.96. The lowest BCUT2D eigenvalue weighted by molar-refractivity contribution is 0.383. The Bertz CT molecular complexity index is 184. The lowest BCUT2D eigenvalue weighted by Crippen LogP contribution is -1.87. The fourth-order valence-corrected chi connectivity index (χ4v) is 2.30. The van der Waals surface area contributed by atoms with Crippen LogP contribution in [0.5, 0.6) is 0 Å². The molecule has 0 radical (unpaired) electrons. The van der Waals surface area contributed by atoms with Crippen molar-refractivity contribution in [3.05, 3.63) is 12.3 Å². The van der Waals surface area contributed by atoms with E-state index in [0.717, 1.165) is 18.8 Å². The van der Waals surface area contributed by atoms with Crippen LogP contribution in [0.15, 0.2) is 12.3 Å². The molecule has 0 aromatic rings. The average Bonchev–Trinajstić information content (AvgIpc) is 2.29. The van der Waals surface area contributed by atoms with Crippen molar-refractivity contribution in [2.75, 3.05) is 0 Å². The molecule has 0 aliphatic carbocycles. The summed E-state index contributed by atoms with van der Waals surface area (Å²) in [6.45, 7) is 8.13. The minimum absolute atomic E-state index is 0.344. The molecule has 0 saturated carbocycles. The lowest BCUT2D eigenvalue weighted by Gasteiger charge is -2.04. The third-order valence-corrected chi connectivity index (χ3v) is 3.50. The van der Waals surface area contributed by atoms with Crippen LogP contribution in [0, 0.1) is 5.92 Å². The average molecular weight is 254 g/mol. The van der Waals surface area contributed by atoms with Gasteiger partial charge in [0.2, 0.25) is 0 Å². The van der Waals surface area contributed by atoms with Crippen LogP contribution >= 0.6 is 0 Å². The van der Waals surface area contributed by atoms with E-state index in [4.69, 9.17) is 5.11 Å². The minimum Gasteiger partial charge on any atom is -0.513 e. The first kappa shape index (κ1) is 17.5. The molecule has 0 aliphatic rings. The second-order valence-electron chi connectivity index (χ2n) is 6.03. The van der Waals surface area contributed by atoms with Crippen LogP contribution in [-0.2, 0) is 0 Å². The van der Waals surface area contributed by atoms with E-state index in [9.17, 15) is 0 Å². The molecular formula is C17H34O. The largest absolute Gasteiger partial charge is 0.513 e. The minimum atomic E-state index is 0.344. The second kappa shape index (κ2) is 13.0. The summed E-state index contributed by atoms with van der Waals surface area (Å²) in [5.74, 6) is 1.22. The van der Waals surface area contributed by atoms with Crippen LogP contribution in [0.1, 0.15) is 90.9 Å². The van der Waals surface area contributed by atoms with E-state index in [1.54, 1.807) is 0 Å². The van der Waals surface area contributed by atoms with Crippen molar-refractivity contribution < 1.29 is 5.11 Å². The molecule has 1 heteroatoms. The number of aliphatic hydroxyl groups excluding tert-OH is 1. The second-order valence-corrected chi connectivity index (χ2v) is 6.03. The third kappa shape index (κ3) is 15.5. The van der Waals surface area contributed by atoms with Gasteiger partial charge >= 0.3 is 0 Å². The van der Waals surface area contributed by atoms with Gasteiger partial charge in [0.25, 0.3) is 0 Å². The highest BCUT2D eigenvalue weighted by atomic mass is 16.3. The molecule has 0 saturated heterocycles. The Morgan fingerprint density at radius 3 is 1.56 bits per heavy atom. The standard InChI is InChI=1S/C17H34O/c1-16(2)14-12-10-8-6-4-5-7-9-11-13-15-17(3)18/h16,18H,3-15H2,1-2H3. The topological polar surface area (TPSA) is 20.2 Å². The first-order valence-corrected chi connectivity index (χ1v) is 7.99. The molecule has 18 heavy (non-hydrogen) atoms. The lowest BCUT2D eigenvalue weighted by atomic mass is 10.0. The van der Waals surface area contributed by atoms with Crippen molar-refractivity contribution in [2.24, 2.45) is 5.92 Å². The Morgan fingerprint density at radius 2 is 1.17 bits per heavy atom. The van der Waals surface area contributed by atoms with E-state index in [1.807, 2.05) is 0 Å². The van der Waals surface area contributed by atoms with E-state index in [2.05, 4.69) is 20.4 Å². The molecule has 1 N–H and O–H groups in total. The van der Waals surface area contributed by atoms with E-state index in [1.165, 1.54) is 64.2 Å². The maximum Gasteiger partial charge on any atom is 0.0851 e. The monoisotopic (exact) mass is 254 g/mol. The summed E-state index contributed by atoms with van der Waals surface area (Å²) in [7, 11) is 0. The van der Waals surface area contributed by atoms with Crippen molar-refractivity contribution in [1.82, 2.24) is 0 Å². The van der Waals surface area contributed by atoms with E-state index >= 15 is 0 Å². The number of aliphatic hydroxyl groups is 1. The smallest absolute Gasteiger partial charge is 0.0851 e. The van der Waals surface area contributed by atoms with E-state index in [0.29, 0.717) is 5.76 Å². The van der Waals surface area contributed by atoms with Gasteiger partial charge in [0.05, 0.1) is 5.76 Å².